The van der Waals surface area contributed by atoms with Gasteiger partial charge in [-0.05, 0) is 0 Å². The van der Waals surface area contributed by atoms with E-state index in [9.17, 15) is 22.8 Å². The fraction of sp³-hybridized carbons (Fsp3) is 0.714. The van der Waals surface area contributed by atoms with Crippen LogP contribution in [0.3, 0.4) is 0 Å². The number of halogens is 3. The summed E-state index contributed by atoms with van der Waals surface area (Å²) >= 11 is 0. The molecule has 5 nitrogen and oxygen atoms in total. The molecule has 8 heteroatoms. The molecular weight excluding hydrogens is 219 g/mol. The van der Waals surface area contributed by atoms with E-state index in [1.54, 1.807) is 5.32 Å². The fourth-order valence-corrected chi connectivity index (χ4v) is 0.521. The maximum Gasteiger partial charge on any atom is 0.471 e. The molecule has 0 aliphatic rings. The van der Waals surface area contributed by atoms with Crippen LogP contribution < -0.4 is 5.32 Å². The lowest BCUT2D eigenvalue weighted by Crippen LogP contribution is -2.38. The number of esters is 1. The SMILES string of the molecule is CC(=O)OCOCCNC(=O)C(F)(F)F. The minimum Gasteiger partial charge on any atom is -0.439 e. The van der Waals surface area contributed by atoms with E-state index in [4.69, 9.17) is 0 Å². The minimum atomic E-state index is -4.89. The molecule has 0 aromatic heterocycles. The van der Waals surface area contributed by atoms with Gasteiger partial charge in [-0.2, -0.15) is 13.2 Å². The largest absolute Gasteiger partial charge is 0.471 e. The van der Waals surface area contributed by atoms with E-state index in [0.717, 1.165) is 6.92 Å². The number of carbonyl (C=O) groups excluding carboxylic acids is 2. The molecule has 0 heterocycles. The highest BCUT2D eigenvalue weighted by Crippen LogP contribution is 2.13. The number of hydrogen-bond donors (Lipinski definition) is 1. The second-order valence-electron chi connectivity index (χ2n) is 2.42. The van der Waals surface area contributed by atoms with Crippen molar-refractivity contribution in [3.8, 4) is 0 Å². The van der Waals surface area contributed by atoms with Crippen LogP contribution in [-0.4, -0.2) is 38.0 Å². The molecule has 0 aromatic carbocycles. The van der Waals surface area contributed by atoms with Gasteiger partial charge in [0.25, 0.3) is 0 Å². The molecule has 0 saturated carbocycles. The second kappa shape index (κ2) is 6.23. The predicted octanol–water partition coefficient (Wildman–Crippen LogP) is 0.202. The molecule has 1 amide bonds. The highest BCUT2D eigenvalue weighted by molar-refractivity contribution is 5.81. The van der Waals surface area contributed by atoms with Gasteiger partial charge in [-0.1, -0.05) is 0 Å². The highest BCUT2D eigenvalue weighted by Gasteiger charge is 2.38. The van der Waals surface area contributed by atoms with Crippen LogP contribution in [0.5, 0.6) is 0 Å². The summed E-state index contributed by atoms with van der Waals surface area (Å²) in [6.07, 6.45) is -4.89. The fourth-order valence-electron chi connectivity index (χ4n) is 0.521. The third kappa shape index (κ3) is 7.74. The summed E-state index contributed by atoms with van der Waals surface area (Å²) in [5, 5.41) is 1.58. The van der Waals surface area contributed by atoms with Gasteiger partial charge in [0.05, 0.1) is 6.61 Å². The molecule has 0 unspecified atom stereocenters. The number of amides is 1. The van der Waals surface area contributed by atoms with Crippen molar-refractivity contribution in [3.05, 3.63) is 0 Å². The van der Waals surface area contributed by atoms with E-state index in [1.807, 2.05) is 0 Å². The molecule has 88 valence electrons. The highest BCUT2D eigenvalue weighted by atomic mass is 19.4. The Morgan fingerprint density at radius 3 is 2.40 bits per heavy atom. The summed E-state index contributed by atoms with van der Waals surface area (Å²) in [5.74, 6) is -2.59. The molecule has 0 rings (SSSR count). The van der Waals surface area contributed by atoms with Gasteiger partial charge in [0, 0.05) is 13.5 Å². The number of carbonyl (C=O) groups is 2. The number of nitrogens with one attached hydrogen (secondary N) is 1. The molecule has 1 N–H and O–H groups in total. The molecular formula is C7H10F3NO4. The van der Waals surface area contributed by atoms with Crippen LogP contribution in [0.4, 0.5) is 13.2 Å². The molecule has 0 bridgehead atoms. The summed E-state index contributed by atoms with van der Waals surface area (Å²) in [6.45, 7) is 0.334. The van der Waals surface area contributed by atoms with Gasteiger partial charge >= 0.3 is 18.1 Å². The van der Waals surface area contributed by atoms with E-state index in [2.05, 4.69) is 9.47 Å². The molecule has 0 saturated heterocycles. The van der Waals surface area contributed by atoms with Crippen LogP contribution in [0.1, 0.15) is 6.92 Å². The Morgan fingerprint density at radius 2 is 1.93 bits per heavy atom. The Kier molecular flexibility index (Phi) is 5.68. The molecule has 15 heavy (non-hydrogen) atoms. The first-order chi connectivity index (χ1) is 6.84. The van der Waals surface area contributed by atoms with E-state index < -0.39 is 18.1 Å². The zero-order valence-electron chi connectivity index (χ0n) is 7.89. The maximum atomic E-state index is 11.6. The van der Waals surface area contributed by atoms with Gasteiger partial charge in [-0.3, -0.25) is 9.59 Å². The van der Waals surface area contributed by atoms with E-state index in [0.29, 0.717) is 0 Å². The molecule has 0 aromatic rings. The zero-order chi connectivity index (χ0) is 11.9. The first-order valence-corrected chi connectivity index (χ1v) is 3.90. The maximum absolute atomic E-state index is 11.6. The number of rotatable bonds is 5. The average Bonchev–Trinajstić information content (AvgIpc) is 2.08. The van der Waals surface area contributed by atoms with Gasteiger partial charge in [-0.25, -0.2) is 0 Å². The topological polar surface area (TPSA) is 64.6 Å². The Morgan fingerprint density at radius 1 is 1.33 bits per heavy atom. The van der Waals surface area contributed by atoms with Crippen LogP contribution >= 0.6 is 0 Å². The van der Waals surface area contributed by atoms with Crippen molar-refractivity contribution in [2.75, 3.05) is 19.9 Å². The first kappa shape index (κ1) is 13.7. The van der Waals surface area contributed by atoms with Crippen LogP contribution in [0.2, 0.25) is 0 Å². The Bertz CT molecular complexity index is 229. The quantitative estimate of drug-likeness (QED) is 0.415. The van der Waals surface area contributed by atoms with E-state index in [1.165, 1.54) is 0 Å². The van der Waals surface area contributed by atoms with Gasteiger partial charge < -0.3 is 14.8 Å². The normalized spacial score (nSPS) is 10.9. The molecule has 0 spiro atoms. The lowest BCUT2D eigenvalue weighted by molar-refractivity contribution is -0.174. The summed E-state index contributed by atoms with van der Waals surface area (Å²) in [6, 6.07) is 0. The molecule has 0 fully saturated rings. The third-order valence-corrected chi connectivity index (χ3v) is 1.13. The first-order valence-electron chi connectivity index (χ1n) is 3.90. The van der Waals surface area contributed by atoms with Crippen molar-refractivity contribution >= 4 is 11.9 Å². The van der Waals surface area contributed by atoms with Crippen LogP contribution in [0.15, 0.2) is 0 Å². The van der Waals surface area contributed by atoms with E-state index in [-0.39, 0.29) is 19.9 Å². The molecule has 0 atom stereocenters. The summed E-state index contributed by atoms with van der Waals surface area (Å²) in [4.78, 5) is 20.4. The van der Waals surface area contributed by atoms with Crippen molar-refractivity contribution in [2.45, 2.75) is 13.1 Å². The standard InChI is InChI=1S/C7H10F3NO4/c1-5(12)15-4-14-3-2-11-6(13)7(8,9)10/h2-4H2,1H3,(H,11,13). The number of ether oxygens (including phenoxy) is 2. The average molecular weight is 229 g/mol. The van der Waals surface area contributed by atoms with Gasteiger partial charge in [-0.15, -0.1) is 0 Å². The van der Waals surface area contributed by atoms with E-state index >= 15 is 0 Å². The van der Waals surface area contributed by atoms with Crippen molar-refractivity contribution in [1.82, 2.24) is 5.32 Å². The number of alkyl halides is 3. The van der Waals surface area contributed by atoms with Crippen LogP contribution in [-0.2, 0) is 19.1 Å². The summed E-state index contributed by atoms with van der Waals surface area (Å²) in [5.41, 5.74) is 0. The van der Waals surface area contributed by atoms with Gasteiger partial charge in [0.15, 0.2) is 6.79 Å². The second-order valence-corrected chi connectivity index (χ2v) is 2.42. The number of hydrogen-bond acceptors (Lipinski definition) is 4. The smallest absolute Gasteiger partial charge is 0.439 e. The lowest BCUT2D eigenvalue weighted by Gasteiger charge is -2.08. The zero-order valence-corrected chi connectivity index (χ0v) is 7.89. The van der Waals surface area contributed by atoms with Gasteiger partial charge in [0.2, 0.25) is 0 Å². The van der Waals surface area contributed by atoms with Crippen molar-refractivity contribution < 1.29 is 32.2 Å². The van der Waals surface area contributed by atoms with Crippen LogP contribution in [0.25, 0.3) is 0 Å². The molecule has 0 aliphatic carbocycles. The van der Waals surface area contributed by atoms with Crippen LogP contribution in [0, 0.1) is 0 Å². The van der Waals surface area contributed by atoms with Crippen molar-refractivity contribution in [3.63, 3.8) is 0 Å². The minimum absolute atomic E-state index is 0.172. The Hall–Kier alpha value is -1.31. The summed E-state index contributed by atoms with van der Waals surface area (Å²) in [7, 11) is 0. The van der Waals surface area contributed by atoms with Crippen molar-refractivity contribution in [2.24, 2.45) is 0 Å². The summed E-state index contributed by atoms with van der Waals surface area (Å²) < 4.78 is 43.7. The lowest BCUT2D eigenvalue weighted by atomic mass is 10.5. The Labute approximate surface area is 83.5 Å². The molecule has 0 aliphatic heterocycles. The molecule has 0 radical (unpaired) electrons. The van der Waals surface area contributed by atoms with Crippen molar-refractivity contribution in [1.29, 1.82) is 0 Å². The third-order valence-electron chi connectivity index (χ3n) is 1.13. The Balaban J connectivity index is 3.40. The predicted molar refractivity (Wildman–Crippen MR) is 41.6 cm³/mol. The monoisotopic (exact) mass is 229 g/mol. The van der Waals surface area contributed by atoms with Gasteiger partial charge in [0.1, 0.15) is 0 Å².